The molecule has 1 aromatic carbocycles. The van der Waals surface area contributed by atoms with Crippen LogP contribution in [0.15, 0.2) is 24.3 Å². The topological polar surface area (TPSA) is 39.7 Å². The van der Waals surface area contributed by atoms with Crippen molar-refractivity contribution < 1.29 is 14.2 Å². The molecule has 0 aliphatic rings. The van der Waals surface area contributed by atoms with E-state index in [1.807, 2.05) is 12.1 Å². The van der Waals surface area contributed by atoms with Crippen LogP contribution in [0.25, 0.3) is 0 Å². The van der Waals surface area contributed by atoms with Crippen molar-refractivity contribution in [2.75, 3.05) is 34.0 Å². The van der Waals surface area contributed by atoms with Gasteiger partial charge in [-0.1, -0.05) is 12.1 Å². The minimum absolute atomic E-state index is 0.140. The summed E-state index contributed by atoms with van der Waals surface area (Å²) in [6.07, 6.45) is 0.861. The summed E-state index contributed by atoms with van der Waals surface area (Å²) in [7, 11) is 3.43. The highest BCUT2D eigenvalue weighted by molar-refractivity contribution is 5.28. The third-order valence-corrected chi connectivity index (χ3v) is 3.24. The van der Waals surface area contributed by atoms with Crippen molar-refractivity contribution >= 4 is 0 Å². The van der Waals surface area contributed by atoms with Crippen molar-refractivity contribution in [1.29, 1.82) is 0 Å². The van der Waals surface area contributed by atoms with Crippen LogP contribution in [-0.4, -0.2) is 39.6 Å². The fourth-order valence-electron chi connectivity index (χ4n) is 1.67. The van der Waals surface area contributed by atoms with Gasteiger partial charge >= 0.3 is 0 Å². The zero-order valence-electron chi connectivity index (χ0n) is 13.1. The number of rotatable bonds is 10. The molecule has 0 aliphatic heterocycles. The van der Waals surface area contributed by atoms with Gasteiger partial charge in [-0.3, -0.25) is 0 Å². The summed E-state index contributed by atoms with van der Waals surface area (Å²) in [5.41, 5.74) is 1.07. The van der Waals surface area contributed by atoms with E-state index in [0.29, 0.717) is 6.61 Å². The van der Waals surface area contributed by atoms with E-state index < -0.39 is 0 Å². The lowest BCUT2D eigenvalue weighted by molar-refractivity contribution is 0.00545. The maximum atomic E-state index is 5.78. The number of methoxy groups -OCH3 is 2. The predicted octanol–water partition coefficient (Wildman–Crippen LogP) is 2.62. The second-order valence-electron chi connectivity index (χ2n) is 5.38. The maximum absolute atomic E-state index is 5.78. The summed E-state index contributed by atoms with van der Waals surface area (Å²) in [6, 6.07) is 8.16. The van der Waals surface area contributed by atoms with Gasteiger partial charge in [-0.2, -0.15) is 0 Å². The molecule has 1 rings (SSSR count). The first-order chi connectivity index (χ1) is 9.57. The highest BCUT2D eigenvalue weighted by Crippen LogP contribution is 2.17. The molecule has 0 amide bonds. The quantitative estimate of drug-likeness (QED) is 0.669. The summed E-state index contributed by atoms with van der Waals surface area (Å²) in [4.78, 5) is 0. The van der Waals surface area contributed by atoms with Crippen LogP contribution in [0.5, 0.6) is 5.75 Å². The Kier molecular flexibility index (Phi) is 7.59. The number of hydrogen-bond acceptors (Lipinski definition) is 4. The van der Waals surface area contributed by atoms with E-state index in [-0.39, 0.29) is 5.60 Å². The van der Waals surface area contributed by atoms with Gasteiger partial charge in [-0.25, -0.2) is 0 Å². The lowest BCUT2D eigenvalue weighted by atomic mass is 10.1. The second-order valence-corrected chi connectivity index (χ2v) is 5.38. The van der Waals surface area contributed by atoms with Crippen molar-refractivity contribution in [2.24, 2.45) is 0 Å². The first-order valence-electron chi connectivity index (χ1n) is 7.04. The maximum Gasteiger partial charge on any atom is 0.119 e. The molecule has 1 aromatic rings. The highest BCUT2D eigenvalue weighted by Gasteiger charge is 2.15. The largest absolute Gasteiger partial charge is 0.493 e. The van der Waals surface area contributed by atoms with Gasteiger partial charge in [0.2, 0.25) is 0 Å². The number of ether oxygens (including phenoxy) is 3. The molecule has 4 nitrogen and oxygen atoms in total. The molecule has 0 bridgehead atoms. The summed E-state index contributed by atoms with van der Waals surface area (Å²) in [5.74, 6) is 0.906. The molecular formula is C16H27NO3. The Hall–Kier alpha value is -1.10. The second kappa shape index (κ2) is 8.95. The van der Waals surface area contributed by atoms with Crippen LogP contribution >= 0.6 is 0 Å². The zero-order chi connectivity index (χ0) is 14.8. The van der Waals surface area contributed by atoms with Gasteiger partial charge in [-0.15, -0.1) is 0 Å². The van der Waals surface area contributed by atoms with Crippen LogP contribution in [0.2, 0.25) is 0 Å². The Morgan fingerprint density at radius 1 is 1.15 bits per heavy atom. The van der Waals surface area contributed by atoms with E-state index in [4.69, 9.17) is 14.2 Å². The Morgan fingerprint density at radius 3 is 2.65 bits per heavy atom. The average Bonchev–Trinajstić information content (AvgIpc) is 2.44. The van der Waals surface area contributed by atoms with Gasteiger partial charge in [0, 0.05) is 33.7 Å². The van der Waals surface area contributed by atoms with Crippen molar-refractivity contribution in [3.05, 3.63) is 29.8 Å². The normalized spacial score (nSPS) is 11.6. The first-order valence-corrected chi connectivity index (χ1v) is 7.04. The van der Waals surface area contributed by atoms with Crippen molar-refractivity contribution in [2.45, 2.75) is 32.4 Å². The molecule has 4 heteroatoms. The van der Waals surface area contributed by atoms with E-state index in [2.05, 4.69) is 31.3 Å². The molecule has 0 spiro atoms. The van der Waals surface area contributed by atoms with Crippen molar-refractivity contribution in [1.82, 2.24) is 5.32 Å². The molecule has 0 aromatic heterocycles. The summed E-state index contributed by atoms with van der Waals surface area (Å²) < 4.78 is 16.2. The molecule has 0 saturated heterocycles. The van der Waals surface area contributed by atoms with Gasteiger partial charge in [0.25, 0.3) is 0 Å². The van der Waals surface area contributed by atoms with Crippen LogP contribution in [0.4, 0.5) is 0 Å². The number of benzene rings is 1. The monoisotopic (exact) mass is 281 g/mol. The van der Waals surface area contributed by atoms with E-state index in [9.17, 15) is 0 Å². The molecule has 1 N–H and O–H groups in total. The SMILES string of the molecule is COCCNCc1cccc(OCCC(C)(C)OC)c1. The number of nitrogens with one attached hydrogen (secondary N) is 1. The van der Waals surface area contributed by atoms with E-state index in [1.54, 1.807) is 14.2 Å². The third kappa shape index (κ3) is 6.89. The highest BCUT2D eigenvalue weighted by atomic mass is 16.5. The summed E-state index contributed by atoms with van der Waals surface area (Å²) in [6.45, 7) is 7.18. The van der Waals surface area contributed by atoms with Crippen LogP contribution < -0.4 is 10.1 Å². The first kappa shape index (κ1) is 17.0. The lowest BCUT2D eigenvalue weighted by Crippen LogP contribution is -2.25. The van der Waals surface area contributed by atoms with E-state index in [1.165, 1.54) is 5.56 Å². The van der Waals surface area contributed by atoms with Gasteiger partial charge in [0.15, 0.2) is 0 Å². The van der Waals surface area contributed by atoms with Crippen LogP contribution in [0.1, 0.15) is 25.8 Å². The molecule has 0 atom stereocenters. The molecule has 0 radical (unpaired) electrons. The molecule has 114 valence electrons. The molecule has 0 unspecified atom stereocenters. The minimum Gasteiger partial charge on any atom is -0.493 e. The predicted molar refractivity (Wildman–Crippen MR) is 81.2 cm³/mol. The number of hydrogen-bond donors (Lipinski definition) is 1. The van der Waals surface area contributed by atoms with E-state index in [0.717, 1.165) is 31.9 Å². The van der Waals surface area contributed by atoms with Gasteiger partial charge in [0.1, 0.15) is 5.75 Å². The van der Waals surface area contributed by atoms with Crippen molar-refractivity contribution in [3.8, 4) is 5.75 Å². The Bertz CT molecular complexity index is 380. The van der Waals surface area contributed by atoms with Crippen LogP contribution in [-0.2, 0) is 16.0 Å². The molecule has 20 heavy (non-hydrogen) atoms. The summed E-state index contributed by atoms with van der Waals surface area (Å²) in [5, 5.41) is 3.32. The standard InChI is InChI=1S/C16H27NO3/c1-16(2,19-4)8-10-20-15-7-5-6-14(12-15)13-17-9-11-18-3/h5-7,12,17H,8-11,13H2,1-4H3. The van der Waals surface area contributed by atoms with Crippen LogP contribution in [0, 0.1) is 0 Å². The Balaban J connectivity index is 2.36. The van der Waals surface area contributed by atoms with E-state index >= 15 is 0 Å². The third-order valence-electron chi connectivity index (χ3n) is 3.24. The van der Waals surface area contributed by atoms with Crippen LogP contribution in [0.3, 0.4) is 0 Å². The van der Waals surface area contributed by atoms with Gasteiger partial charge < -0.3 is 19.5 Å². The molecule has 0 heterocycles. The fraction of sp³-hybridized carbons (Fsp3) is 0.625. The smallest absolute Gasteiger partial charge is 0.119 e. The Labute approximate surface area is 122 Å². The molecule has 0 fully saturated rings. The van der Waals surface area contributed by atoms with Crippen molar-refractivity contribution in [3.63, 3.8) is 0 Å². The fourth-order valence-corrected chi connectivity index (χ4v) is 1.67. The van der Waals surface area contributed by atoms with Gasteiger partial charge in [-0.05, 0) is 31.5 Å². The zero-order valence-corrected chi connectivity index (χ0v) is 13.1. The Morgan fingerprint density at radius 2 is 1.95 bits per heavy atom. The molecular weight excluding hydrogens is 254 g/mol. The molecule has 0 aliphatic carbocycles. The lowest BCUT2D eigenvalue weighted by Gasteiger charge is -2.22. The summed E-state index contributed by atoms with van der Waals surface area (Å²) >= 11 is 0. The minimum atomic E-state index is -0.140. The average molecular weight is 281 g/mol. The van der Waals surface area contributed by atoms with Gasteiger partial charge in [0.05, 0.1) is 18.8 Å². The molecule has 0 saturated carbocycles.